The minimum atomic E-state index is -0.280. The molecule has 0 N–H and O–H groups in total. The molecule has 0 amide bonds. The molecule has 0 aliphatic carbocycles. The average molecular weight is 288 g/mol. The molecule has 0 saturated carbocycles. The molecule has 1 aliphatic heterocycles. The number of benzene rings is 2. The lowest BCUT2D eigenvalue weighted by Crippen LogP contribution is -2.06. The molecule has 1 heterocycles. The third-order valence-electron chi connectivity index (χ3n) is 3.22. The zero-order valence-electron chi connectivity index (χ0n) is 11.9. The summed E-state index contributed by atoms with van der Waals surface area (Å²) < 4.78 is 5.56. The molecule has 2 aromatic rings. The van der Waals surface area contributed by atoms with Crippen LogP contribution in [-0.4, -0.2) is 11.7 Å². The second-order valence-corrected chi connectivity index (χ2v) is 4.92. The van der Waals surface area contributed by atoms with Crippen LogP contribution in [0.15, 0.2) is 59.6 Å². The Hall–Kier alpha value is -3.19. The molecule has 0 spiro atoms. The van der Waals surface area contributed by atoms with Gasteiger partial charge in [0.15, 0.2) is 0 Å². The number of carbonyl (C=O) groups excluding carboxylic acids is 1. The molecular formula is C18H12N2O2. The maximum atomic E-state index is 12.0. The third kappa shape index (κ3) is 2.79. The van der Waals surface area contributed by atoms with Crippen molar-refractivity contribution in [3.05, 3.63) is 71.3 Å². The van der Waals surface area contributed by atoms with Gasteiger partial charge >= 0.3 is 0 Å². The van der Waals surface area contributed by atoms with Crippen LogP contribution in [0, 0.1) is 18.3 Å². The van der Waals surface area contributed by atoms with E-state index in [1.54, 1.807) is 24.3 Å². The fourth-order valence-electron chi connectivity index (χ4n) is 2.06. The number of hydrogen-bond donors (Lipinski definition) is 0. The van der Waals surface area contributed by atoms with E-state index < -0.39 is 0 Å². The fourth-order valence-corrected chi connectivity index (χ4v) is 2.06. The summed E-state index contributed by atoms with van der Waals surface area (Å²) in [6.45, 7) is 1.99. The number of hydrogen-bond acceptors (Lipinski definition) is 4. The van der Waals surface area contributed by atoms with Crippen molar-refractivity contribution in [2.75, 3.05) is 0 Å². The first-order chi connectivity index (χ1) is 10.7. The highest BCUT2D eigenvalue weighted by molar-refractivity contribution is 6.45. The second-order valence-electron chi connectivity index (χ2n) is 4.92. The molecule has 0 bridgehead atoms. The predicted octanol–water partition coefficient (Wildman–Crippen LogP) is 3.54. The maximum Gasteiger partial charge on any atom is 0.268 e. The summed E-state index contributed by atoms with van der Waals surface area (Å²) in [6, 6.07) is 16.4. The average Bonchev–Trinajstić information content (AvgIpc) is 2.89. The number of ether oxygens (including phenoxy) is 1. The zero-order chi connectivity index (χ0) is 15.5. The van der Waals surface area contributed by atoms with Crippen molar-refractivity contribution in [2.45, 2.75) is 6.92 Å². The van der Waals surface area contributed by atoms with Gasteiger partial charge in [-0.3, -0.25) is 4.79 Å². The molecule has 0 fully saturated rings. The molecule has 4 heteroatoms. The lowest BCUT2D eigenvalue weighted by Gasteiger charge is -2.04. The smallest absolute Gasteiger partial charge is 0.268 e. The molecule has 106 valence electrons. The minimum absolute atomic E-state index is 0.0191. The van der Waals surface area contributed by atoms with E-state index in [2.05, 4.69) is 4.99 Å². The molecule has 0 atom stereocenters. The van der Waals surface area contributed by atoms with Gasteiger partial charge < -0.3 is 4.74 Å². The van der Waals surface area contributed by atoms with E-state index in [0.717, 1.165) is 11.1 Å². The first kappa shape index (κ1) is 13.8. The molecule has 3 rings (SSSR count). The van der Waals surface area contributed by atoms with E-state index in [-0.39, 0.29) is 11.7 Å². The first-order valence-corrected chi connectivity index (χ1v) is 6.75. The van der Waals surface area contributed by atoms with Crippen molar-refractivity contribution in [3.8, 4) is 6.07 Å². The number of ketones is 1. The Morgan fingerprint density at radius 1 is 1.14 bits per heavy atom. The number of aryl methyl sites for hydroxylation is 1. The quantitative estimate of drug-likeness (QED) is 0.849. The normalized spacial score (nSPS) is 15.4. The molecule has 0 saturated heterocycles. The molecular weight excluding hydrogens is 276 g/mol. The SMILES string of the molecule is Cc1ccc(C2=CC(=O)C(=Nc3cccc(C#N)c3)O2)cc1. The second kappa shape index (κ2) is 5.66. The number of rotatable bonds is 2. The van der Waals surface area contributed by atoms with Crippen LogP contribution < -0.4 is 0 Å². The standard InChI is InChI=1S/C18H12N2O2/c1-12-5-7-14(8-6-12)17-10-16(21)18(22-17)20-15-4-2-3-13(9-15)11-19/h2-10H,1H3. The highest BCUT2D eigenvalue weighted by atomic mass is 16.5. The van der Waals surface area contributed by atoms with Crippen LogP contribution in [0.25, 0.3) is 5.76 Å². The van der Waals surface area contributed by atoms with E-state index in [9.17, 15) is 4.79 Å². The van der Waals surface area contributed by atoms with Gasteiger partial charge in [0.25, 0.3) is 5.90 Å². The molecule has 1 aliphatic rings. The van der Waals surface area contributed by atoms with Gasteiger partial charge in [0.05, 0.1) is 17.3 Å². The van der Waals surface area contributed by atoms with Crippen molar-refractivity contribution in [3.63, 3.8) is 0 Å². The van der Waals surface area contributed by atoms with Crippen molar-refractivity contribution in [2.24, 2.45) is 4.99 Å². The highest BCUT2D eigenvalue weighted by Crippen LogP contribution is 2.24. The molecule has 22 heavy (non-hydrogen) atoms. The Kier molecular flexibility index (Phi) is 3.55. The van der Waals surface area contributed by atoms with Gasteiger partial charge in [0.1, 0.15) is 5.76 Å². The summed E-state index contributed by atoms with van der Waals surface area (Å²) in [5, 5.41) is 8.88. The maximum absolute atomic E-state index is 12.0. The van der Waals surface area contributed by atoms with E-state index in [1.165, 1.54) is 6.08 Å². The topological polar surface area (TPSA) is 62.5 Å². The molecule has 4 nitrogen and oxygen atoms in total. The van der Waals surface area contributed by atoms with Crippen LogP contribution in [0.2, 0.25) is 0 Å². The summed E-state index contributed by atoms with van der Waals surface area (Å²) in [6.07, 6.45) is 1.43. The monoisotopic (exact) mass is 288 g/mol. The van der Waals surface area contributed by atoms with Gasteiger partial charge in [-0.2, -0.15) is 5.26 Å². The largest absolute Gasteiger partial charge is 0.435 e. The summed E-state index contributed by atoms with van der Waals surface area (Å²) >= 11 is 0. The van der Waals surface area contributed by atoms with Gasteiger partial charge in [-0.15, -0.1) is 0 Å². The number of carbonyl (C=O) groups is 1. The lowest BCUT2D eigenvalue weighted by atomic mass is 10.1. The Morgan fingerprint density at radius 2 is 1.91 bits per heavy atom. The van der Waals surface area contributed by atoms with E-state index in [1.807, 2.05) is 37.3 Å². The molecule has 0 radical (unpaired) electrons. The Balaban J connectivity index is 1.86. The van der Waals surface area contributed by atoms with E-state index in [0.29, 0.717) is 17.0 Å². The van der Waals surface area contributed by atoms with Gasteiger partial charge in [0, 0.05) is 11.6 Å². The number of nitriles is 1. The van der Waals surface area contributed by atoms with Gasteiger partial charge in [0.2, 0.25) is 5.78 Å². The molecule has 0 aromatic heterocycles. The van der Waals surface area contributed by atoms with Gasteiger partial charge in [-0.25, -0.2) is 4.99 Å². The van der Waals surface area contributed by atoms with Crippen molar-refractivity contribution < 1.29 is 9.53 Å². The Morgan fingerprint density at radius 3 is 2.64 bits per heavy atom. The lowest BCUT2D eigenvalue weighted by molar-refractivity contribution is -0.109. The van der Waals surface area contributed by atoms with Gasteiger partial charge in [-0.1, -0.05) is 35.9 Å². The van der Waals surface area contributed by atoms with E-state index >= 15 is 0 Å². The minimum Gasteiger partial charge on any atom is -0.435 e. The summed E-state index contributed by atoms with van der Waals surface area (Å²) in [7, 11) is 0. The van der Waals surface area contributed by atoms with Crippen LogP contribution in [0.5, 0.6) is 0 Å². The Labute approximate surface area is 128 Å². The fraction of sp³-hybridized carbons (Fsp3) is 0.0556. The van der Waals surface area contributed by atoms with Crippen LogP contribution in [0.1, 0.15) is 16.7 Å². The van der Waals surface area contributed by atoms with Crippen molar-refractivity contribution in [1.82, 2.24) is 0 Å². The summed E-state index contributed by atoms with van der Waals surface area (Å²) in [5.41, 5.74) is 2.96. The molecule has 2 aromatic carbocycles. The highest BCUT2D eigenvalue weighted by Gasteiger charge is 2.23. The summed E-state index contributed by atoms with van der Waals surface area (Å²) in [4.78, 5) is 16.2. The molecule has 0 unspecified atom stereocenters. The summed E-state index contributed by atoms with van der Waals surface area (Å²) in [5.74, 6) is 0.226. The zero-order valence-corrected chi connectivity index (χ0v) is 11.9. The van der Waals surface area contributed by atoms with Crippen molar-refractivity contribution in [1.29, 1.82) is 5.26 Å². The third-order valence-corrected chi connectivity index (χ3v) is 3.22. The van der Waals surface area contributed by atoms with Crippen molar-refractivity contribution >= 4 is 23.1 Å². The van der Waals surface area contributed by atoms with Crippen LogP contribution >= 0.6 is 0 Å². The van der Waals surface area contributed by atoms with Crippen LogP contribution in [0.3, 0.4) is 0 Å². The first-order valence-electron chi connectivity index (χ1n) is 6.75. The number of aliphatic imine (C=N–C) groups is 1. The number of nitrogens with zero attached hydrogens (tertiary/aromatic N) is 2. The Bertz CT molecular complexity index is 840. The van der Waals surface area contributed by atoms with Crippen LogP contribution in [-0.2, 0) is 9.53 Å². The predicted molar refractivity (Wildman–Crippen MR) is 83.5 cm³/mol. The van der Waals surface area contributed by atoms with Gasteiger partial charge in [-0.05, 0) is 25.1 Å². The van der Waals surface area contributed by atoms with E-state index in [4.69, 9.17) is 10.00 Å². The van der Waals surface area contributed by atoms with Crippen LogP contribution in [0.4, 0.5) is 5.69 Å².